The van der Waals surface area contributed by atoms with E-state index in [1.807, 2.05) is 13.8 Å². The molecule has 0 spiro atoms. The van der Waals surface area contributed by atoms with Gasteiger partial charge in [0, 0.05) is 9.75 Å². The lowest BCUT2D eigenvalue weighted by Crippen LogP contribution is -2.30. The van der Waals surface area contributed by atoms with E-state index < -0.39 is 5.91 Å². The van der Waals surface area contributed by atoms with E-state index in [4.69, 9.17) is 5.73 Å². The molecule has 3 heterocycles. The summed E-state index contributed by atoms with van der Waals surface area (Å²) >= 11 is 2.90. The summed E-state index contributed by atoms with van der Waals surface area (Å²) in [7, 11) is 0. The van der Waals surface area contributed by atoms with Crippen LogP contribution in [0.3, 0.4) is 0 Å². The summed E-state index contributed by atoms with van der Waals surface area (Å²) in [6.45, 7) is 7.58. The number of hydrogen-bond donors (Lipinski definition) is 2. The summed E-state index contributed by atoms with van der Waals surface area (Å²) in [6, 6.07) is 0. The van der Waals surface area contributed by atoms with E-state index >= 15 is 0 Å². The minimum absolute atomic E-state index is 0.168. The van der Waals surface area contributed by atoms with Crippen LogP contribution in [-0.4, -0.2) is 21.4 Å². The zero-order valence-electron chi connectivity index (χ0n) is 17.4. The highest BCUT2D eigenvalue weighted by molar-refractivity contribution is 7.18. The van der Waals surface area contributed by atoms with Gasteiger partial charge in [0.05, 0.1) is 10.9 Å². The van der Waals surface area contributed by atoms with Gasteiger partial charge in [-0.15, -0.1) is 22.7 Å². The molecule has 4 rings (SSSR count). The lowest BCUT2D eigenvalue weighted by atomic mass is 9.88. The average Bonchev–Trinajstić information content (AvgIpc) is 3.14. The average molecular weight is 445 g/mol. The molecule has 0 fully saturated rings. The number of hydrogen-bond acceptors (Lipinski definition) is 6. The highest BCUT2D eigenvalue weighted by atomic mass is 32.1. The predicted molar refractivity (Wildman–Crippen MR) is 121 cm³/mol. The van der Waals surface area contributed by atoms with Gasteiger partial charge in [0.2, 0.25) is 5.91 Å². The fourth-order valence-corrected chi connectivity index (χ4v) is 6.52. The van der Waals surface area contributed by atoms with Crippen molar-refractivity contribution in [2.75, 3.05) is 5.32 Å². The Bertz CT molecular complexity index is 1250. The van der Waals surface area contributed by atoms with Crippen molar-refractivity contribution in [3.63, 3.8) is 0 Å². The Hall–Kier alpha value is -2.52. The molecule has 158 valence electrons. The number of anilines is 1. The van der Waals surface area contributed by atoms with Crippen molar-refractivity contribution >= 4 is 49.7 Å². The number of carbonyl (C=O) groups excluding carboxylic acids is 2. The lowest BCUT2D eigenvalue weighted by molar-refractivity contribution is -0.116. The van der Waals surface area contributed by atoms with Crippen LogP contribution in [0.25, 0.3) is 10.2 Å². The van der Waals surface area contributed by atoms with E-state index in [0.717, 1.165) is 40.1 Å². The third kappa shape index (κ3) is 3.45. The molecular formula is C21H24N4O3S2. The fourth-order valence-electron chi connectivity index (χ4n) is 4.02. The van der Waals surface area contributed by atoms with Gasteiger partial charge in [0.15, 0.2) is 0 Å². The highest BCUT2D eigenvalue weighted by Gasteiger charge is 2.27. The molecule has 1 aliphatic carbocycles. The molecule has 0 radical (unpaired) electrons. The number of primary amides is 1. The van der Waals surface area contributed by atoms with E-state index in [1.54, 1.807) is 6.92 Å². The number of aromatic nitrogens is 2. The SMILES string of the molecule is Cc1sc2nc(C)n(CC(=O)Nc3sc4c(c3C(N)=O)CCC(C)C4)c(=O)c2c1C. The summed E-state index contributed by atoms with van der Waals surface area (Å²) in [5.41, 5.74) is 7.68. The molecule has 0 bridgehead atoms. The second-order valence-corrected chi connectivity index (χ2v) is 10.3. The van der Waals surface area contributed by atoms with Gasteiger partial charge >= 0.3 is 0 Å². The molecule has 0 aliphatic heterocycles. The second-order valence-electron chi connectivity index (χ2n) is 7.98. The van der Waals surface area contributed by atoms with Crippen molar-refractivity contribution in [2.24, 2.45) is 11.7 Å². The number of fused-ring (bicyclic) bond motifs is 2. The van der Waals surface area contributed by atoms with Gasteiger partial charge in [-0.05, 0) is 57.1 Å². The first-order chi connectivity index (χ1) is 14.2. The number of aryl methyl sites for hydroxylation is 3. The number of nitrogens with zero attached hydrogens (tertiary/aromatic N) is 2. The lowest BCUT2D eigenvalue weighted by Gasteiger charge is -2.18. The Morgan fingerprint density at radius 2 is 2.00 bits per heavy atom. The van der Waals surface area contributed by atoms with E-state index in [-0.39, 0.29) is 18.0 Å². The van der Waals surface area contributed by atoms with Crippen LogP contribution in [0.1, 0.15) is 50.4 Å². The minimum Gasteiger partial charge on any atom is -0.365 e. The Balaban J connectivity index is 1.66. The van der Waals surface area contributed by atoms with Crippen LogP contribution in [0.15, 0.2) is 4.79 Å². The third-order valence-corrected chi connectivity index (χ3v) is 8.06. The van der Waals surface area contributed by atoms with Gasteiger partial charge < -0.3 is 11.1 Å². The largest absolute Gasteiger partial charge is 0.365 e. The smallest absolute Gasteiger partial charge is 0.263 e. The minimum atomic E-state index is -0.529. The summed E-state index contributed by atoms with van der Waals surface area (Å²) in [4.78, 5) is 45.3. The predicted octanol–water partition coefficient (Wildman–Crippen LogP) is 3.31. The van der Waals surface area contributed by atoms with Gasteiger partial charge in [0.1, 0.15) is 22.2 Å². The molecule has 9 heteroatoms. The summed E-state index contributed by atoms with van der Waals surface area (Å²) < 4.78 is 1.39. The molecule has 30 heavy (non-hydrogen) atoms. The third-order valence-electron chi connectivity index (χ3n) is 5.79. The number of amides is 2. The Kier molecular flexibility index (Phi) is 5.27. The van der Waals surface area contributed by atoms with E-state index in [9.17, 15) is 14.4 Å². The quantitative estimate of drug-likeness (QED) is 0.644. The van der Waals surface area contributed by atoms with E-state index in [0.29, 0.717) is 32.5 Å². The zero-order chi connectivity index (χ0) is 21.7. The molecule has 1 aliphatic rings. The van der Waals surface area contributed by atoms with Crippen LogP contribution in [0.2, 0.25) is 0 Å². The Morgan fingerprint density at radius 3 is 2.70 bits per heavy atom. The molecule has 1 atom stereocenters. The van der Waals surface area contributed by atoms with Gasteiger partial charge in [0.25, 0.3) is 11.5 Å². The molecule has 3 aromatic heterocycles. The van der Waals surface area contributed by atoms with Crippen molar-refractivity contribution in [2.45, 2.75) is 53.5 Å². The molecule has 0 aromatic carbocycles. The van der Waals surface area contributed by atoms with Crippen LogP contribution in [0, 0.1) is 26.7 Å². The van der Waals surface area contributed by atoms with Crippen molar-refractivity contribution in [1.82, 2.24) is 9.55 Å². The summed E-state index contributed by atoms with van der Waals surface area (Å²) in [6.07, 6.45) is 2.67. The first kappa shape index (κ1) is 20.7. The van der Waals surface area contributed by atoms with Crippen LogP contribution >= 0.6 is 22.7 Å². The monoisotopic (exact) mass is 444 g/mol. The van der Waals surface area contributed by atoms with Gasteiger partial charge in [-0.2, -0.15) is 0 Å². The summed E-state index contributed by atoms with van der Waals surface area (Å²) in [5, 5.41) is 3.87. The molecule has 0 saturated carbocycles. The maximum Gasteiger partial charge on any atom is 0.263 e. The number of rotatable bonds is 4. The van der Waals surface area contributed by atoms with Gasteiger partial charge in [-0.1, -0.05) is 6.92 Å². The first-order valence-corrected chi connectivity index (χ1v) is 11.5. The molecule has 0 saturated heterocycles. The van der Waals surface area contributed by atoms with Crippen molar-refractivity contribution in [3.05, 3.63) is 42.6 Å². The maximum absolute atomic E-state index is 13.0. The van der Waals surface area contributed by atoms with Crippen LogP contribution in [-0.2, 0) is 24.2 Å². The van der Waals surface area contributed by atoms with E-state index in [2.05, 4.69) is 17.2 Å². The molecule has 3 aromatic rings. The number of carbonyl (C=O) groups is 2. The molecule has 3 N–H and O–H groups in total. The summed E-state index contributed by atoms with van der Waals surface area (Å²) in [5.74, 6) is 0.119. The normalized spacial score (nSPS) is 15.9. The van der Waals surface area contributed by atoms with E-state index in [1.165, 1.54) is 27.2 Å². The number of nitrogens with two attached hydrogens (primary N) is 1. The first-order valence-electron chi connectivity index (χ1n) is 9.88. The standard InChI is InChI=1S/C21H24N4O3S2/c1-9-5-6-13-14(7-9)30-20(17(13)18(22)27)24-15(26)8-25-12(4)23-19-16(21(25)28)10(2)11(3)29-19/h9H,5-8H2,1-4H3,(H2,22,27)(H,24,26). The van der Waals surface area contributed by atoms with Crippen LogP contribution < -0.4 is 16.6 Å². The zero-order valence-corrected chi connectivity index (χ0v) is 19.1. The highest BCUT2D eigenvalue weighted by Crippen LogP contribution is 2.39. The van der Waals surface area contributed by atoms with Crippen molar-refractivity contribution in [3.8, 4) is 0 Å². The van der Waals surface area contributed by atoms with Gasteiger partial charge in [-0.3, -0.25) is 19.0 Å². The Labute approximate surface area is 181 Å². The number of thiophene rings is 2. The fraction of sp³-hybridized carbons (Fsp3) is 0.429. The molecular weight excluding hydrogens is 420 g/mol. The molecule has 7 nitrogen and oxygen atoms in total. The van der Waals surface area contributed by atoms with Crippen molar-refractivity contribution < 1.29 is 9.59 Å². The van der Waals surface area contributed by atoms with Crippen molar-refractivity contribution in [1.29, 1.82) is 0 Å². The Morgan fingerprint density at radius 1 is 1.27 bits per heavy atom. The second kappa shape index (κ2) is 7.63. The molecule has 2 amide bonds. The number of nitrogens with one attached hydrogen (secondary N) is 1. The molecule has 1 unspecified atom stereocenters. The van der Waals surface area contributed by atoms with Crippen LogP contribution in [0.5, 0.6) is 0 Å². The van der Waals surface area contributed by atoms with Crippen LogP contribution in [0.4, 0.5) is 5.00 Å². The van der Waals surface area contributed by atoms with Gasteiger partial charge in [-0.25, -0.2) is 4.98 Å². The topological polar surface area (TPSA) is 107 Å². The maximum atomic E-state index is 13.0.